The van der Waals surface area contributed by atoms with Crippen LogP contribution in [0.3, 0.4) is 0 Å². The van der Waals surface area contributed by atoms with E-state index in [2.05, 4.69) is 31.6 Å². The fraction of sp³-hybridized carbons (Fsp3) is 0.286. The molecule has 0 aliphatic carbocycles. The molecule has 2 aromatic carbocycles. The van der Waals surface area contributed by atoms with Crippen LogP contribution in [0.4, 0.5) is 4.39 Å². The Labute approximate surface area is 191 Å². The Balaban J connectivity index is 1.55. The summed E-state index contributed by atoms with van der Waals surface area (Å²) in [6.07, 6.45) is 0.739. The van der Waals surface area contributed by atoms with Crippen LogP contribution in [0.15, 0.2) is 39.0 Å². The van der Waals surface area contributed by atoms with E-state index >= 15 is 0 Å². The summed E-state index contributed by atoms with van der Waals surface area (Å²) in [5, 5.41) is 7.87. The molecule has 0 unspecified atom stereocenters. The molecule has 0 aromatic heterocycles. The zero-order valence-electron chi connectivity index (χ0n) is 17.3. The molecule has 0 radical (unpaired) electrons. The normalized spacial score (nSPS) is 19.0. The van der Waals surface area contributed by atoms with Gasteiger partial charge in [0.2, 0.25) is 18.3 Å². The molecule has 2 aliphatic rings. The van der Waals surface area contributed by atoms with E-state index in [9.17, 15) is 9.18 Å². The minimum Gasteiger partial charge on any atom is -0.492 e. The Bertz CT molecular complexity index is 1110. The molecule has 0 bridgehead atoms. The number of amides is 1. The number of nitrogens with zero attached hydrogens (tertiary/aromatic N) is 2. The number of hydrazone groups is 1. The van der Waals surface area contributed by atoms with E-state index in [0.29, 0.717) is 38.6 Å². The number of hydrogen-bond donors (Lipinski definition) is 1. The number of methoxy groups -OCH3 is 2. The van der Waals surface area contributed by atoms with E-state index in [4.69, 9.17) is 23.8 Å². The average molecular weight is 508 g/mol. The fourth-order valence-electron chi connectivity index (χ4n) is 3.45. The largest absolute Gasteiger partial charge is 0.492 e. The molecule has 168 valence electrons. The molecule has 2 aromatic rings. The average Bonchev–Trinajstić information content (AvgIpc) is 3.42. The minimum absolute atomic E-state index is 0.0359. The van der Waals surface area contributed by atoms with E-state index in [1.807, 2.05) is 0 Å². The number of oxime groups is 1. The summed E-state index contributed by atoms with van der Waals surface area (Å²) in [5.74, 6) is 0.273. The third kappa shape index (κ3) is 3.83. The van der Waals surface area contributed by atoms with Crippen LogP contribution in [0, 0.1) is 11.7 Å². The number of halogens is 2. The third-order valence-electron chi connectivity index (χ3n) is 5.03. The molecule has 9 nitrogen and oxygen atoms in total. The molecule has 4 rings (SSSR count). The summed E-state index contributed by atoms with van der Waals surface area (Å²) in [6, 6.07) is 5.68. The molecular formula is C21H19BrFN3O6. The maximum atomic E-state index is 13.0. The molecule has 0 saturated heterocycles. The van der Waals surface area contributed by atoms with Crippen LogP contribution in [-0.4, -0.2) is 38.8 Å². The van der Waals surface area contributed by atoms with Gasteiger partial charge in [0.15, 0.2) is 23.3 Å². The molecule has 1 N–H and O–H groups in total. The van der Waals surface area contributed by atoms with Gasteiger partial charge in [-0.05, 0) is 33.6 Å². The van der Waals surface area contributed by atoms with Gasteiger partial charge in [-0.3, -0.25) is 4.79 Å². The van der Waals surface area contributed by atoms with Gasteiger partial charge < -0.3 is 23.8 Å². The first-order chi connectivity index (χ1) is 15.5. The van der Waals surface area contributed by atoms with Crippen molar-refractivity contribution in [3.8, 4) is 23.0 Å². The lowest BCUT2D eigenvalue weighted by atomic mass is 9.92. The third-order valence-corrected chi connectivity index (χ3v) is 5.82. The van der Waals surface area contributed by atoms with Gasteiger partial charge in [0.1, 0.15) is 5.82 Å². The van der Waals surface area contributed by atoms with Crippen molar-refractivity contribution in [2.75, 3.05) is 21.0 Å². The van der Waals surface area contributed by atoms with Crippen molar-refractivity contribution in [1.29, 1.82) is 0 Å². The lowest BCUT2D eigenvalue weighted by Crippen LogP contribution is -2.31. The molecule has 2 heterocycles. The number of rotatable bonds is 6. The second-order valence-corrected chi connectivity index (χ2v) is 7.69. The van der Waals surface area contributed by atoms with Gasteiger partial charge in [-0.2, -0.15) is 5.10 Å². The van der Waals surface area contributed by atoms with Crippen LogP contribution in [0.2, 0.25) is 0 Å². The standard InChI is InChI=1S/C21H19BrFN3O6/c1-10-15(21(27)25-24-8-11-4-6-12(23)7-5-11)26-32-16(10)13-14(22)18-20(31-9-30-18)19(29-3)17(13)28-2/h4-8,10,16H,9H2,1-3H3,(H,25,27)/b24-8-/t10-,16-/m0/s1. The van der Waals surface area contributed by atoms with Crippen LogP contribution in [0.25, 0.3) is 0 Å². The number of carbonyl (C=O) groups is 1. The van der Waals surface area contributed by atoms with E-state index < -0.39 is 17.9 Å². The monoisotopic (exact) mass is 507 g/mol. The number of benzene rings is 2. The van der Waals surface area contributed by atoms with Crippen LogP contribution in [0.5, 0.6) is 23.0 Å². The Morgan fingerprint density at radius 1 is 1.22 bits per heavy atom. The summed E-state index contributed by atoms with van der Waals surface area (Å²) in [5.41, 5.74) is 3.76. The number of ether oxygens (including phenoxy) is 4. The van der Waals surface area contributed by atoms with Crippen molar-refractivity contribution in [3.05, 3.63) is 45.7 Å². The highest BCUT2D eigenvalue weighted by atomic mass is 79.9. The Morgan fingerprint density at radius 3 is 2.59 bits per heavy atom. The zero-order chi connectivity index (χ0) is 22.8. The predicted octanol–water partition coefficient (Wildman–Crippen LogP) is 3.55. The molecule has 0 fully saturated rings. The smallest absolute Gasteiger partial charge is 0.289 e. The highest BCUT2D eigenvalue weighted by Crippen LogP contribution is 2.57. The van der Waals surface area contributed by atoms with Crippen molar-refractivity contribution in [1.82, 2.24) is 5.43 Å². The molecule has 2 aliphatic heterocycles. The molecular weight excluding hydrogens is 489 g/mol. The van der Waals surface area contributed by atoms with Crippen LogP contribution in [-0.2, 0) is 9.63 Å². The van der Waals surface area contributed by atoms with Crippen LogP contribution >= 0.6 is 15.9 Å². The Hall–Kier alpha value is -3.34. The van der Waals surface area contributed by atoms with Crippen molar-refractivity contribution in [3.63, 3.8) is 0 Å². The first-order valence-corrected chi connectivity index (χ1v) is 10.3. The van der Waals surface area contributed by atoms with E-state index in [0.717, 1.165) is 0 Å². The summed E-state index contributed by atoms with van der Waals surface area (Å²) in [4.78, 5) is 18.2. The Kier molecular flexibility index (Phi) is 6.17. The lowest BCUT2D eigenvalue weighted by molar-refractivity contribution is -0.115. The number of hydrogen-bond acceptors (Lipinski definition) is 8. The minimum atomic E-state index is -0.662. The molecule has 2 atom stereocenters. The van der Waals surface area contributed by atoms with Gasteiger partial charge in [-0.1, -0.05) is 24.2 Å². The van der Waals surface area contributed by atoms with Crippen LogP contribution in [0.1, 0.15) is 24.2 Å². The molecule has 1 amide bonds. The number of fused-ring (bicyclic) bond motifs is 1. The fourth-order valence-corrected chi connectivity index (χ4v) is 4.15. The van der Waals surface area contributed by atoms with Gasteiger partial charge in [-0.25, -0.2) is 9.82 Å². The summed E-state index contributed by atoms with van der Waals surface area (Å²) in [6.45, 7) is 1.83. The lowest BCUT2D eigenvalue weighted by Gasteiger charge is -2.22. The first-order valence-electron chi connectivity index (χ1n) is 9.51. The van der Waals surface area contributed by atoms with Crippen molar-refractivity contribution >= 4 is 33.8 Å². The predicted molar refractivity (Wildman–Crippen MR) is 116 cm³/mol. The van der Waals surface area contributed by atoms with Crippen molar-refractivity contribution in [2.45, 2.75) is 13.0 Å². The van der Waals surface area contributed by atoms with Crippen molar-refractivity contribution in [2.24, 2.45) is 16.2 Å². The van der Waals surface area contributed by atoms with Gasteiger partial charge in [0.25, 0.3) is 5.91 Å². The number of carbonyl (C=O) groups excluding carboxylic acids is 1. The maximum absolute atomic E-state index is 13.0. The Morgan fingerprint density at radius 2 is 1.91 bits per heavy atom. The van der Waals surface area contributed by atoms with E-state index in [1.54, 1.807) is 6.92 Å². The van der Waals surface area contributed by atoms with Gasteiger partial charge in [0, 0.05) is 0 Å². The molecule has 0 saturated carbocycles. The molecule has 32 heavy (non-hydrogen) atoms. The highest BCUT2D eigenvalue weighted by Gasteiger charge is 2.42. The topological polar surface area (TPSA) is 100.0 Å². The van der Waals surface area contributed by atoms with Gasteiger partial charge in [0.05, 0.1) is 36.4 Å². The summed E-state index contributed by atoms with van der Waals surface area (Å²) >= 11 is 3.53. The molecule has 11 heteroatoms. The zero-order valence-corrected chi connectivity index (χ0v) is 18.9. The van der Waals surface area contributed by atoms with Crippen LogP contribution < -0.4 is 24.4 Å². The summed E-state index contributed by atoms with van der Waals surface area (Å²) < 4.78 is 35.7. The summed E-state index contributed by atoms with van der Waals surface area (Å²) in [7, 11) is 2.99. The van der Waals surface area contributed by atoms with E-state index in [1.165, 1.54) is 44.7 Å². The second kappa shape index (κ2) is 9.03. The first kappa shape index (κ1) is 21.9. The van der Waals surface area contributed by atoms with Gasteiger partial charge in [-0.15, -0.1) is 0 Å². The van der Waals surface area contributed by atoms with E-state index in [-0.39, 0.29) is 18.3 Å². The van der Waals surface area contributed by atoms with Crippen molar-refractivity contribution < 1.29 is 33.0 Å². The quantitative estimate of drug-likeness (QED) is 0.474. The van der Waals surface area contributed by atoms with Gasteiger partial charge >= 0.3 is 0 Å². The highest BCUT2D eigenvalue weighted by molar-refractivity contribution is 9.10. The maximum Gasteiger partial charge on any atom is 0.289 e. The molecule has 0 spiro atoms. The SMILES string of the molecule is COc1c2c(c(Br)c([C@H]3ON=C(C(=O)N/N=C\c4ccc(F)cc4)[C@@H]3C)c1OC)OCO2. The number of nitrogens with one attached hydrogen (secondary N) is 1. The second-order valence-electron chi connectivity index (χ2n) is 6.90.